The van der Waals surface area contributed by atoms with Gasteiger partial charge in [0, 0.05) is 24.3 Å². The maximum Gasteiger partial charge on any atom is 0.333 e. The number of rotatable bonds is 9. The summed E-state index contributed by atoms with van der Waals surface area (Å²) in [6, 6.07) is 0. The molecule has 0 amide bonds. The number of carboxylic acid groups (broad SMARTS) is 1. The Bertz CT molecular complexity index is 429. The first-order valence-electron chi connectivity index (χ1n) is 7.74. The summed E-state index contributed by atoms with van der Waals surface area (Å²) < 4.78 is 9.51. The summed E-state index contributed by atoms with van der Waals surface area (Å²) >= 11 is 0. The molecule has 0 aromatic carbocycles. The highest BCUT2D eigenvalue weighted by Gasteiger charge is 2.01. The molecule has 0 saturated carbocycles. The zero-order chi connectivity index (χ0) is 20.3. The Balaban J connectivity index is -0.000000311. The zero-order valence-electron chi connectivity index (χ0n) is 15.7. The molecule has 0 bridgehead atoms. The van der Waals surface area contributed by atoms with E-state index in [2.05, 4.69) is 24.5 Å². The molecule has 0 atom stereocenters. The van der Waals surface area contributed by atoms with Gasteiger partial charge < -0.3 is 19.5 Å². The summed E-state index contributed by atoms with van der Waals surface area (Å²) in [5.41, 5.74) is 0.448. The van der Waals surface area contributed by atoms with Crippen LogP contribution in [-0.2, 0) is 23.9 Å². The minimum absolute atomic E-state index is 0.313. The molecule has 25 heavy (non-hydrogen) atoms. The second kappa shape index (κ2) is 19.6. The van der Waals surface area contributed by atoms with Crippen molar-refractivity contribution in [3.05, 3.63) is 37.5 Å². The van der Waals surface area contributed by atoms with Crippen LogP contribution in [0.15, 0.2) is 37.5 Å². The van der Waals surface area contributed by atoms with Gasteiger partial charge in [-0.3, -0.25) is 0 Å². The standard InChI is InChI=1S/C8H15NO2.C7H12O2.C3H4O2/c1-7(2)8(10)11-6-5-9(3)4;1-3-5-6-9-7(8)4-2;1-2-3(4)5/h1,5-6H2,2-4H3;4H,2-3,5-6H2,1H3;2H,1H2,(H,4,5). The predicted molar refractivity (Wildman–Crippen MR) is 98.2 cm³/mol. The van der Waals surface area contributed by atoms with Crippen LogP contribution in [0.25, 0.3) is 0 Å². The van der Waals surface area contributed by atoms with Crippen LogP contribution in [0.5, 0.6) is 0 Å². The summed E-state index contributed by atoms with van der Waals surface area (Å²) in [4.78, 5) is 32.3. The van der Waals surface area contributed by atoms with Crippen molar-refractivity contribution in [2.45, 2.75) is 26.7 Å². The average molecular weight is 357 g/mol. The summed E-state index contributed by atoms with van der Waals surface area (Å²) in [6.45, 7) is 15.1. The fourth-order valence-corrected chi connectivity index (χ4v) is 0.820. The first-order chi connectivity index (χ1) is 11.6. The van der Waals surface area contributed by atoms with E-state index >= 15 is 0 Å². The van der Waals surface area contributed by atoms with E-state index in [4.69, 9.17) is 9.84 Å². The van der Waals surface area contributed by atoms with Gasteiger partial charge in [-0.15, -0.1) is 0 Å². The van der Waals surface area contributed by atoms with Crippen LogP contribution in [0.3, 0.4) is 0 Å². The minimum Gasteiger partial charge on any atom is -0.478 e. The summed E-state index contributed by atoms with van der Waals surface area (Å²) in [6.07, 6.45) is 3.99. The molecule has 0 aliphatic rings. The molecule has 0 radical (unpaired) electrons. The number of likely N-dealkylation sites (N-methyl/N-ethyl adjacent to an activating group) is 1. The molecule has 7 nitrogen and oxygen atoms in total. The molecule has 0 saturated heterocycles. The predicted octanol–water partition coefficient (Wildman–Crippen LogP) is 2.44. The largest absolute Gasteiger partial charge is 0.478 e. The van der Waals surface area contributed by atoms with Crippen LogP contribution in [0.1, 0.15) is 26.7 Å². The molecule has 0 spiro atoms. The number of carbonyl (C=O) groups excluding carboxylic acids is 2. The minimum atomic E-state index is -0.981. The normalized spacial score (nSPS) is 8.68. The summed E-state index contributed by atoms with van der Waals surface area (Å²) in [7, 11) is 3.85. The number of hydrogen-bond donors (Lipinski definition) is 1. The average Bonchev–Trinajstić information content (AvgIpc) is 2.55. The number of carboxylic acids is 1. The number of hydrogen-bond acceptors (Lipinski definition) is 6. The molecule has 1 N–H and O–H groups in total. The van der Waals surface area contributed by atoms with Gasteiger partial charge in [0.15, 0.2) is 0 Å². The Morgan fingerprint density at radius 2 is 1.60 bits per heavy atom. The molecular formula is C18H31NO6. The van der Waals surface area contributed by atoms with Gasteiger partial charge in [-0.25, -0.2) is 14.4 Å². The molecule has 0 unspecified atom stereocenters. The molecule has 0 aliphatic carbocycles. The molecule has 7 heteroatoms. The SMILES string of the molecule is C=C(C)C(=O)OCCN(C)C.C=CC(=O)O.C=CC(=O)OCCCC. The topological polar surface area (TPSA) is 93.1 Å². The highest BCUT2D eigenvalue weighted by atomic mass is 16.5. The number of ether oxygens (including phenoxy) is 2. The van der Waals surface area contributed by atoms with E-state index in [0.29, 0.717) is 18.8 Å². The quantitative estimate of drug-likeness (QED) is 0.385. The Kier molecular flexibility index (Phi) is 21.6. The highest BCUT2D eigenvalue weighted by molar-refractivity contribution is 5.86. The third kappa shape index (κ3) is 30.1. The van der Waals surface area contributed by atoms with Crippen LogP contribution in [-0.4, -0.2) is 61.8 Å². The molecular weight excluding hydrogens is 326 g/mol. The van der Waals surface area contributed by atoms with Gasteiger partial charge in [0.25, 0.3) is 0 Å². The van der Waals surface area contributed by atoms with Crippen molar-refractivity contribution in [1.82, 2.24) is 4.90 Å². The Labute approximate surface area is 150 Å². The lowest BCUT2D eigenvalue weighted by Crippen LogP contribution is -2.20. The van der Waals surface area contributed by atoms with Gasteiger partial charge in [0.2, 0.25) is 0 Å². The first-order valence-corrected chi connectivity index (χ1v) is 7.74. The molecule has 0 rings (SSSR count). The lowest BCUT2D eigenvalue weighted by molar-refractivity contribution is -0.139. The fourth-order valence-electron chi connectivity index (χ4n) is 0.820. The monoisotopic (exact) mass is 357 g/mol. The molecule has 0 aromatic rings. The summed E-state index contributed by atoms with van der Waals surface area (Å²) in [5, 5.41) is 7.60. The van der Waals surface area contributed by atoms with Gasteiger partial charge in [0.1, 0.15) is 6.61 Å². The van der Waals surface area contributed by atoms with E-state index in [1.54, 1.807) is 6.92 Å². The number of nitrogens with zero attached hydrogens (tertiary/aromatic N) is 1. The van der Waals surface area contributed by atoms with Crippen LogP contribution < -0.4 is 0 Å². The third-order valence-electron chi connectivity index (χ3n) is 2.20. The molecule has 0 aromatic heterocycles. The van der Waals surface area contributed by atoms with E-state index in [1.165, 1.54) is 6.08 Å². The second-order valence-corrected chi connectivity index (χ2v) is 4.99. The number of carbonyl (C=O) groups is 3. The second-order valence-electron chi connectivity index (χ2n) is 4.99. The van der Waals surface area contributed by atoms with E-state index in [-0.39, 0.29) is 11.9 Å². The maximum atomic E-state index is 10.8. The molecule has 0 fully saturated rings. The van der Waals surface area contributed by atoms with Gasteiger partial charge in [-0.2, -0.15) is 0 Å². The van der Waals surface area contributed by atoms with Crippen molar-refractivity contribution < 1.29 is 29.0 Å². The Morgan fingerprint density at radius 3 is 1.92 bits per heavy atom. The van der Waals surface area contributed by atoms with Crippen molar-refractivity contribution in [1.29, 1.82) is 0 Å². The van der Waals surface area contributed by atoms with Crippen LogP contribution in [0, 0.1) is 0 Å². The van der Waals surface area contributed by atoms with Crippen molar-refractivity contribution in [2.75, 3.05) is 33.9 Å². The zero-order valence-corrected chi connectivity index (χ0v) is 15.7. The lowest BCUT2D eigenvalue weighted by atomic mass is 10.4. The van der Waals surface area contributed by atoms with Crippen molar-refractivity contribution >= 4 is 17.9 Å². The van der Waals surface area contributed by atoms with E-state index in [9.17, 15) is 14.4 Å². The first kappa shape index (κ1) is 27.4. The molecule has 144 valence electrons. The van der Waals surface area contributed by atoms with E-state index in [1.807, 2.05) is 25.9 Å². The van der Waals surface area contributed by atoms with Crippen LogP contribution in [0.2, 0.25) is 0 Å². The Morgan fingerprint density at radius 1 is 1.08 bits per heavy atom. The van der Waals surface area contributed by atoms with Crippen molar-refractivity contribution in [3.8, 4) is 0 Å². The van der Waals surface area contributed by atoms with E-state index in [0.717, 1.165) is 25.5 Å². The molecule has 0 heterocycles. The van der Waals surface area contributed by atoms with Gasteiger partial charge >= 0.3 is 17.9 Å². The van der Waals surface area contributed by atoms with Crippen LogP contribution >= 0.6 is 0 Å². The van der Waals surface area contributed by atoms with Gasteiger partial charge in [0.05, 0.1) is 6.61 Å². The molecule has 0 aliphatic heterocycles. The number of esters is 2. The Hall–Kier alpha value is -2.41. The lowest BCUT2D eigenvalue weighted by Gasteiger charge is -2.09. The van der Waals surface area contributed by atoms with Gasteiger partial charge in [-0.05, 0) is 27.4 Å². The number of unbranched alkanes of at least 4 members (excludes halogenated alkanes) is 1. The van der Waals surface area contributed by atoms with Crippen molar-refractivity contribution in [2.24, 2.45) is 0 Å². The number of aliphatic carboxylic acids is 1. The van der Waals surface area contributed by atoms with E-state index < -0.39 is 5.97 Å². The maximum absolute atomic E-state index is 10.8. The van der Waals surface area contributed by atoms with Crippen molar-refractivity contribution in [3.63, 3.8) is 0 Å². The fraction of sp³-hybridized carbons (Fsp3) is 0.500. The van der Waals surface area contributed by atoms with Gasteiger partial charge in [-0.1, -0.05) is 33.1 Å². The van der Waals surface area contributed by atoms with Crippen LogP contribution in [0.4, 0.5) is 0 Å². The smallest absolute Gasteiger partial charge is 0.333 e. The summed E-state index contributed by atoms with van der Waals surface area (Å²) in [5.74, 6) is -1.62. The highest BCUT2D eigenvalue weighted by Crippen LogP contribution is 1.91. The third-order valence-corrected chi connectivity index (χ3v) is 2.20.